The summed E-state index contributed by atoms with van der Waals surface area (Å²) >= 11 is 12.3. The van der Waals surface area contributed by atoms with E-state index in [0.29, 0.717) is 17.1 Å². The molecule has 1 aromatic rings. The zero-order valence-electron chi connectivity index (χ0n) is 12.9. The number of hydrogen-bond acceptors (Lipinski definition) is 1. The highest BCUT2D eigenvalue weighted by Crippen LogP contribution is 2.28. The van der Waals surface area contributed by atoms with Gasteiger partial charge in [0.25, 0.3) is 0 Å². The number of rotatable bonds is 9. The Labute approximate surface area is 134 Å². The van der Waals surface area contributed by atoms with Crippen LogP contribution in [0.15, 0.2) is 18.2 Å². The fraction of sp³-hybridized carbons (Fsp3) is 0.647. The van der Waals surface area contributed by atoms with Gasteiger partial charge in [-0.2, -0.15) is 0 Å². The first-order chi connectivity index (χ1) is 9.58. The van der Waals surface area contributed by atoms with Crippen LogP contribution in [0.3, 0.4) is 0 Å². The second kappa shape index (κ2) is 9.65. The maximum absolute atomic E-state index is 6.31. The number of nitrogens with one attached hydrogen (secondary N) is 1. The lowest BCUT2D eigenvalue weighted by atomic mass is 10.0. The molecule has 2 unspecified atom stereocenters. The number of hydrogen-bond donors (Lipinski definition) is 1. The van der Waals surface area contributed by atoms with Crippen molar-refractivity contribution in [1.29, 1.82) is 0 Å². The van der Waals surface area contributed by atoms with Crippen LogP contribution in [0.25, 0.3) is 0 Å². The van der Waals surface area contributed by atoms with Crippen molar-refractivity contribution in [3.63, 3.8) is 0 Å². The van der Waals surface area contributed by atoms with Crippen molar-refractivity contribution in [3.05, 3.63) is 33.8 Å². The van der Waals surface area contributed by atoms with Crippen molar-refractivity contribution in [1.82, 2.24) is 5.32 Å². The molecule has 0 saturated heterocycles. The van der Waals surface area contributed by atoms with Gasteiger partial charge in [0, 0.05) is 22.1 Å². The molecule has 2 atom stereocenters. The average molecular weight is 316 g/mol. The smallest absolute Gasteiger partial charge is 0.0468 e. The Balaban J connectivity index is 2.53. The summed E-state index contributed by atoms with van der Waals surface area (Å²) in [6.07, 6.45) is 7.52. The predicted octanol–water partition coefficient (Wildman–Crippen LogP) is 6.39. The van der Waals surface area contributed by atoms with E-state index in [1.54, 1.807) is 0 Å². The van der Waals surface area contributed by atoms with Gasteiger partial charge in [0.2, 0.25) is 0 Å². The molecule has 0 aromatic heterocycles. The highest BCUT2D eigenvalue weighted by Gasteiger charge is 2.15. The van der Waals surface area contributed by atoms with Crippen molar-refractivity contribution in [2.75, 3.05) is 0 Å². The van der Waals surface area contributed by atoms with Crippen molar-refractivity contribution >= 4 is 23.2 Å². The summed E-state index contributed by atoms with van der Waals surface area (Å²) in [5.74, 6) is 0. The molecule has 1 N–H and O–H groups in total. The minimum Gasteiger partial charge on any atom is -0.307 e. The summed E-state index contributed by atoms with van der Waals surface area (Å²) in [5, 5.41) is 5.15. The third-order valence-corrected chi connectivity index (χ3v) is 4.28. The maximum Gasteiger partial charge on any atom is 0.0468 e. The summed E-state index contributed by atoms with van der Waals surface area (Å²) in [6, 6.07) is 6.60. The largest absolute Gasteiger partial charge is 0.307 e. The Kier molecular flexibility index (Phi) is 8.60. The normalized spacial score (nSPS) is 14.2. The molecule has 0 radical (unpaired) electrons. The molecule has 0 saturated carbocycles. The molecule has 0 aliphatic heterocycles. The third-order valence-electron chi connectivity index (χ3n) is 3.72. The molecule has 20 heavy (non-hydrogen) atoms. The molecule has 0 aliphatic carbocycles. The lowest BCUT2D eigenvalue weighted by Crippen LogP contribution is -2.30. The van der Waals surface area contributed by atoms with Gasteiger partial charge in [0.15, 0.2) is 0 Å². The van der Waals surface area contributed by atoms with Crippen molar-refractivity contribution in [2.45, 2.75) is 71.4 Å². The SMILES string of the molecule is CCCCCCC(C)NC(CC)c1ccc(Cl)cc1Cl. The van der Waals surface area contributed by atoms with Crippen LogP contribution in [0, 0.1) is 0 Å². The minimum atomic E-state index is 0.306. The van der Waals surface area contributed by atoms with E-state index in [1.165, 1.54) is 32.1 Å². The average Bonchev–Trinajstić information content (AvgIpc) is 2.41. The Bertz CT molecular complexity index is 393. The zero-order valence-corrected chi connectivity index (χ0v) is 14.4. The fourth-order valence-electron chi connectivity index (χ4n) is 2.52. The fourth-order valence-corrected chi connectivity index (χ4v) is 3.06. The summed E-state index contributed by atoms with van der Waals surface area (Å²) < 4.78 is 0. The van der Waals surface area contributed by atoms with Gasteiger partial charge < -0.3 is 5.32 Å². The molecule has 3 heteroatoms. The molecule has 114 valence electrons. The number of unbranched alkanes of at least 4 members (excludes halogenated alkanes) is 3. The lowest BCUT2D eigenvalue weighted by molar-refractivity contribution is 0.414. The van der Waals surface area contributed by atoms with E-state index in [-0.39, 0.29) is 0 Å². The van der Waals surface area contributed by atoms with Gasteiger partial charge in [-0.1, -0.05) is 68.8 Å². The van der Waals surface area contributed by atoms with Crippen LogP contribution in [0.2, 0.25) is 10.0 Å². The van der Waals surface area contributed by atoms with Gasteiger partial charge in [-0.05, 0) is 37.5 Å². The van der Waals surface area contributed by atoms with Gasteiger partial charge in [0.05, 0.1) is 0 Å². The van der Waals surface area contributed by atoms with Crippen LogP contribution in [-0.4, -0.2) is 6.04 Å². The molecular formula is C17H27Cl2N. The van der Waals surface area contributed by atoms with E-state index in [4.69, 9.17) is 23.2 Å². The third kappa shape index (κ3) is 6.03. The van der Waals surface area contributed by atoms with Gasteiger partial charge in [-0.15, -0.1) is 0 Å². The van der Waals surface area contributed by atoms with E-state index in [9.17, 15) is 0 Å². The number of benzene rings is 1. The first-order valence-corrected chi connectivity index (χ1v) is 8.55. The molecule has 0 amide bonds. The van der Waals surface area contributed by atoms with Gasteiger partial charge in [-0.25, -0.2) is 0 Å². The van der Waals surface area contributed by atoms with Crippen molar-refractivity contribution in [3.8, 4) is 0 Å². The van der Waals surface area contributed by atoms with Crippen LogP contribution in [0.5, 0.6) is 0 Å². The van der Waals surface area contributed by atoms with E-state index in [1.807, 2.05) is 18.2 Å². The summed E-state index contributed by atoms with van der Waals surface area (Å²) in [5.41, 5.74) is 1.15. The summed E-state index contributed by atoms with van der Waals surface area (Å²) in [6.45, 7) is 6.70. The highest BCUT2D eigenvalue weighted by atomic mass is 35.5. The highest BCUT2D eigenvalue weighted by molar-refractivity contribution is 6.35. The first kappa shape index (κ1) is 17.8. The van der Waals surface area contributed by atoms with Gasteiger partial charge >= 0.3 is 0 Å². The second-order valence-electron chi connectivity index (χ2n) is 5.54. The Morgan fingerprint density at radius 3 is 2.45 bits per heavy atom. The molecule has 0 fully saturated rings. The van der Waals surface area contributed by atoms with Gasteiger partial charge in [0.1, 0.15) is 0 Å². The molecule has 1 rings (SSSR count). The van der Waals surface area contributed by atoms with Crippen molar-refractivity contribution in [2.24, 2.45) is 0 Å². The molecule has 0 aliphatic rings. The topological polar surface area (TPSA) is 12.0 Å². The summed E-state index contributed by atoms with van der Waals surface area (Å²) in [4.78, 5) is 0. The van der Waals surface area contributed by atoms with E-state index < -0.39 is 0 Å². The monoisotopic (exact) mass is 315 g/mol. The van der Waals surface area contributed by atoms with E-state index in [2.05, 4.69) is 26.1 Å². The van der Waals surface area contributed by atoms with Crippen LogP contribution in [0.1, 0.15) is 70.9 Å². The molecule has 0 spiro atoms. The van der Waals surface area contributed by atoms with E-state index >= 15 is 0 Å². The quantitative estimate of drug-likeness (QED) is 0.520. The second-order valence-corrected chi connectivity index (χ2v) is 6.39. The van der Waals surface area contributed by atoms with Crippen LogP contribution in [0.4, 0.5) is 0 Å². The molecule has 1 nitrogen and oxygen atoms in total. The first-order valence-electron chi connectivity index (χ1n) is 7.79. The number of halogens is 2. The Morgan fingerprint density at radius 2 is 1.85 bits per heavy atom. The van der Waals surface area contributed by atoms with Crippen molar-refractivity contribution < 1.29 is 0 Å². The zero-order chi connectivity index (χ0) is 15.0. The Hall–Kier alpha value is -0.240. The predicted molar refractivity (Wildman–Crippen MR) is 90.9 cm³/mol. The minimum absolute atomic E-state index is 0.306. The van der Waals surface area contributed by atoms with Crippen LogP contribution < -0.4 is 5.32 Å². The van der Waals surface area contributed by atoms with Crippen LogP contribution >= 0.6 is 23.2 Å². The maximum atomic E-state index is 6.31. The molecule has 0 heterocycles. The van der Waals surface area contributed by atoms with Gasteiger partial charge in [-0.3, -0.25) is 0 Å². The Morgan fingerprint density at radius 1 is 1.10 bits per heavy atom. The summed E-state index contributed by atoms with van der Waals surface area (Å²) in [7, 11) is 0. The van der Waals surface area contributed by atoms with E-state index in [0.717, 1.165) is 17.0 Å². The molecular weight excluding hydrogens is 289 g/mol. The standard InChI is InChI=1S/C17H27Cl2N/c1-4-6-7-8-9-13(3)20-17(5-2)15-11-10-14(18)12-16(15)19/h10-13,17,20H,4-9H2,1-3H3. The molecule has 0 bridgehead atoms. The molecule has 1 aromatic carbocycles. The van der Waals surface area contributed by atoms with Crippen LogP contribution in [-0.2, 0) is 0 Å². The lowest BCUT2D eigenvalue weighted by Gasteiger charge is -2.23.